The normalized spacial score (nSPS) is 16.7. The summed E-state index contributed by atoms with van der Waals surface area (Å²) < 4.78 is 12.7. The molecule has 5 nitrogen and oxygen atoms in total. The summed E-state index contributed by atoms with van der Waals surface area (Å²) in [6.45, 7) is 10.2. The molecule has 3 N–H and O–H groups in total. The zero-order valence-corrected chi connectivity index (χ0v) is 20.4. The van der Waals surface area contributed by atoms with E-state index in [1.807, 2.05) is 39.0 Å². The highest BCUT2D eigenvalue weighted by Crippen LogP contribution is 2.49. The predicted octanol–water partition coefficient (Wildman–Crippen LogP) is 7.64. The minimum absolute atomic E-state index is 0.0551. The first kappa shape index (κ1) is 23.6. The number of ether oxygens (including phenoxy) is 1. The Labute approximate surface area is 200 Å². The predicted molar refractivity (Wildman–Crippen MR) is 137 cm³/mol. The highest BCUT2D eigenvalue weighted by atomic mass is 16.5. The van der Waals surface area contributed by atoms with Crippen molar-refractivity contribution < 1.29 is 24.5 Å². The van der Waals surface area contributed by atoms with Gasteiger partial charge in [-0.2, -0.15) is 0 Å². The van der Waals surface area contributed by atoms with E-state index in [-0.39, 0.29) is 17.2 Å². The van der Waals surface area contributed by atoms with E-state index < -0.39 is 5.60 Å². The SMILES string of the molecule is CC(C)=CCCC1(C)C=Cc2c(c(O)c(CC=C(C)C)c3cc(-c4cc(O)cc(O)c4)oc23)O1. The molecule has 34 heavy (non-hydrogen) atoms. The Bertz CT molecular complexity index is 1310. The van der Waals surface area contributed by atoms with Crippen LogP contribution in [-0.2, 0) is 6.42 Å². The van der Waals surface area contributed by atoms with Crippen molar-refractivity contribution >= 4 is 17.0 Å². The monoisotopic (exact) mass is 460 g/mol. The van der Waals surface area contributed by atoms with Gasteiger partial charge in [-0.05, 0) is 84.2 Å². The number of allylic oxidation sites excluding steroid dienone is 4. The molecule has 1 aliphatic rings. The molecule has 1 aliphatic heterocycles. The van der Waals surface area contributed by atoms with Crippen LogP contribution in [0.3, 0.4) is 0 Å². The molecule has 0 saturated heterocycles. The second kappa shape index (κ2) is 8.98. The molecule has 0 saturated carbocycles. The third kappa shape index (κ3) is 4.69. The third-order valence-corrected chi connectivity index (χ3v) is 6.08. The first-order valence-corrected chi connectivity index (χ1v) is 11.6. The third-order valence-electron chi connectivity index (χ3n) is 6.08. The molecular weight excluding hydrogens is 428 g/mol. The lowest BCUT2D eigenvalue weighted by atomic mass is 9.92. The lowest BCUT2D eigenvalue weighted by Gasteiger charge is -2.32. The van der Waals surface area contributed by atoms with Gasteiger partial charge in [-0.15, -0.1) is 0 Å². The van der Waals surface area contributed by atoms with Gasteiger partial charge >= 0.3 is 0 Å². The molecule has 1 atom stereocenters. The second-order valence-corrected chi connectivity index (χ2v) is 9.72. The molecule has 1 aromatic heterocycles. The number of aromatic hydroxyl groups is 3. The van der Waals surface area contributed by atoms with Crippen LogP contribution in [0.4, 0.5) is 0 Å². The van der Waals surface area contributed by atoms with Gasteiger partial charge in [0.05, 0.1) is 5.56 Å². The summed E-state index contributed by atoms with van der Waals surface area (Å²) in [4.78, 5) is 0. The van der Waals surface area contributed by atoms with Crippen molar-refractivity contribution in [3.63, 3.8) is 0 Å². The first-order chi connectivity index (χ1) is 16.1. The van der Waals surface area contributed by atoms with Gasteiger partial charge < -0.3 is 24.5 Å². The van der Waals surface area contributed by atoms with Gasteiger partial charge in [-0.25, -0.2) is 0 Å². The van der Waals surface area contributed by atoms with Crippen LogP contribution in [0, 0.1) is 0 Å². The average Bonchev–Trinajstić information content (AvgIpc) is 3.18. The molecule has 0 bridgehead atoms. The molecule has 2 aromatic carbocycles. The quantitative estimate of drug-likeness (QED) is 0.329. The van der Waals surface area contributed by atoms with Gasteiger partial charge in [0.1, 0.15) is 28.4 Å². The fraction of sp³-hybridized carbons (Fsp3) is 0.310. The topological polar surface area (TPSA) is 83.1 Å². The summed E-state index contributed by atoms with van der Waals surface area (Å²) in [7, 11) is 0. The Morgan fingerprint density at radius 1 is 0.941 bits per heavy atom. The fourth-order valence-electron chi connectivity index (χ4n) is 4.27. The van der Waals surface area contributed by atoms with Crippen LogP contribution < -0.4 is 4.74 Å². The van der Waals surface area contributed by atoms with Gasteiger partial charge in [0, 0.05) is 22.6 Å². The minimum Gasteiger partial charge on any atom is -0.508 e. The fourth-order valence-corrected chi connectivity index (χ4v) is 4.27. The van der Waals surface area contributed by atoms with Gasteiger partial charge in [0.2, 0.25) is 0 Å². The van der Waals surface area contributed by atoms with Crippen LogP contribution in [0.5, 0.6) is 23.0 Å². The van der Waals surface area contributed by atoms with E-state index in [2.05, 4.69) is 26.0 Å². The van der Waals surface area contributed by atoms with Crippen molar-refractivity contribution in [1.29, 1.82) is 0 Å². The zero-order chi connectivity index (χ0) is 24.6. The van der Waals surface area contributed by atoms with Gasteiger partial charge in [-0.1, -0.05) is 23.3 Å². The number of phenols is 3. The number of fused-ring (bicyclic) bond motifs is 3. The maximum atomic E-state index is 11.3. The molecule has 0 spiro atoms. The van der Waals surface area contributed by atoms with Gasteiger partial charge in [-0.3, -0.25) is 0 Å². The summed E-state index contributed by atoms with van der Waals surface area (Å²) >= 11 is 0. The minimum atomic E-state index is -0.551. The molecular formula is C29H32O5. The van der Waals surface area contributed by atoms with Crippen molar-refractivity contribution in [2.75, 3.05) is 0 Å². The van der Waals surface area contributed by atoms with E-state index in [1.54, 1.807) is 0 Å². The van der Waals surface area contributed by atoms with E-state index >= 15 is 0 Å². The van der Waals surface area contributed by atoms with Crippen molar-refractivity contribution in [2.45, 2.75) is 59.5 Å². The number of hydrogen-bond donors (Lipinski definition) is 3. The smallest absolute Gasteiger partial charge is 0.173 e. The van der Waals surface area contributed by atoms with Crippen molar-refractivity contribution in [2.24, 2.45) is 0 Å². The molecule has 2 heterocycles. The highest BCUT2D eigenvalue weighted by Gasteiger charge is 2.32. The molecule has 0 aliphatic carbocycles. The second-order valence-electron chi connectivity index (χ2n) is 9.72. The van der Waals surface area contributed by atoms with Crippen molar-refractivity contribution in [1.82, 2.24) is 0 Å². The largest absolute Gasteiger partial charge is 0.508 e. The lowest BCUT2D eigenvalue weighted by molar-refractivity contribution is 0.123. The number of rotatable bonds is 6. The van der Waals surface area contributed by atoms with E-state index in [0.29, 0.717) is 34.6 Å². The van der Waals surface area contributed by atoms with E-state index in [9.17, 15) is 15.3 Å². The van der Waals surface area contributed by atoms with E-state index in [4.69, 9.17) is 9.15 Å². The zero-order valence-electron chi connectivity index (χ0n) is 20.4. The molecule has 0 fully saturated rings. The van der Waals surface area contributed by atoms with Crippen LogP contribution >= 0.6 is 0 Å². The number of phenolic OH excluding ortho intramolecular Hbond substituents is 3. The average molecular weight is 461 g/mol. The molecule has 0 radical (unpaired) electrons. The highest BCUT2D eigenvalue weighted by molar-refractivity contribution is 5.97. The molecule has 3 aromatic rings. The maximum absolute atomic E-state index is 11.3. The van der Waals surface area contributed by atoms with E-state index in [1.165, 1.54) is 23.8 Å². The van der Waals surface area contributed by atoms with E-state index in [0.717, 1.165) is 29.4 Å². The Hall–Kier alpha value is -3.60. The summed E-state index contributed by atoms with van der Waals surface area (Å²) in [5, 5.41) is 32.0. The van der Waals surface area contributed by atoms with Crippen LogP contribution in [-0.4, -0.2) is 20.9 Å². The van der Waals surface area contributed by atoms with Gasteiger partial charge in [0.25, 0.3) is 0 Å². The van der Waals surface area contributed by atoms with Crippen LogP contribution in [0.25, 0.3) is 28.4 Å². The first-order valence-electron chi connectivity index (χ1n) is 11.6. The Kier molecular flexibility index (Phi) is 6.22. The standard InChI is InChI=1S/C29H32O5/c1-17(2)7-6-11-29(5)12-10-23-27-24(22(9-8-18(3)4)26(32)28(23)34-29)16-25(33-27)19-13-20(30)15-21(31)14-19/h7-8,10,12-16,30-32H,6,9,11H2,1-5H3. The molecule has 5 heteroatoms. The van der Waals surface area contributed by atoms with Crippen molar-refractivity contribution in [3.05, 3.63) is 64.8 Å². The molecule has 0 amide bonds. The number of furan rings is 1. The Balaban J connectivity index is 1.87. The Morgan fingerprint density at radius 2 is 1.62 bits per heavy atom. The summed E-state index contributed by atoms with van der Waals surface area (Å²) in [6, 6.07) is 6.18. The van der Waals surface area contributed by atoms with Crippen molar-refractivity contribution in [3.8, 4) is 34.3 Å². The molecule has 4 rings (SSSR count). The van der Waals surface area contributed by atoms with Crippen LogP contribution in [0.2, 0.25) is 0 Å². The number of hydrogen-bond acceptors (Lipinski definition) is 5. The van der Waals surface area contributed by atoms with Gasteiger partial charge in [0.15, 0.2) is 11.5 Å². The molecule has 178 valence electrons. The Morgan fingerprint density at radius 3 is 2.26 bits per heavy atom. The number of benzene rings is 2. The summed E-state index contributed by atoms with van der Waals surface area (Å²) in [5.41, 5.74) is 4.40. The van der Waals surface area contributed by atoms with Crippen LogP contribution in [0.15, 0.2) is 58.1 Å². The lowest BCUT2D eigenvalue weighted by Crippen LogP contribution is -2.31. The maximum Gasteiger partial charge on any atom is 0.173 e. The van der Waals surface area contributed by atoms with Crippen LogP contribution in [0.1, 0.15) is 58.6 Å². The summed E-state index contributed by atoms with van der Waals surface area (Å²) in [6.07, 6.45) is 10.4. The molecule has 1 unspecified atom stereocenters. The summed E-state index contributed by atoms with van der Waals surface area (Å²) in [5.74, 6) is 0.911.